The van der Waals surface area contributed by atoms with Gasteiger partial charge in [0.2, 0.25) is 5.89 Å². The van der Waals surface area contributed by atoms with Crippen LogP contribution in [0.1, 0.15) is 43.5 Å². The van der Waals surface area contributed by atoms with Crippen LogP contribution in [-0.4, -0.2) is 44.4 Å². The van der Waals surface area contributed by atoms with Crippen molar-refractivity contribution in [2.75, 3.05) is 0 Å². The van der Waals surface area contributed by atoms with Crippen molar-refractivity contribution in [1.29, 1.82) is 0 Å². The van der Waals surface area contributed by atoms with Gasteiger partial charge in [0.1, 0.15) is 28.2 Å². The predicted octanol–water partition coefficient (Wildman–Crippen LogP) is 18.8. The van der Waals surface area contributed by atoms with E-state index in [9.17, 15) is 0 Å². The lowest BCUT2D eigenvalue weighted by atomic mass is 10.2. The Kier molecular flexibility index (Phi) is 25.6. The molecular weight excluding hydrogens is 1080 g/mol. The highest BCUT2D eigenvalue weighted by atomic mass is 35.5. The van der Waals surface area contributed by atoms with Crippen LogP contribution in [0.3, 0.4) is 0 Å². The van der Waals surface area contributed by atoms with E-state index in [1.165, 1.54) is 43.3 Å². The fourth-order valence-corrected chi connectivity index (χ4v) is 9.01. The molecule has 0 aliphatic carbocycles. The number of aromatic amines is 1. The Hall–Kier alpha value is -8.66. The standard InChI is InChI=1S/C11H12N2.C10H10N2.C10H9NO.2C10H9NS.C7H7Cl.C4H5NO.C4H5NS/c1-9-12-8-11(13(9)2)10-6-4-3-5-7-10;1-8-11-7-10(12-8)9-5-3-2-4-6-9;1-8-7-11-10(12-8)9-5-3-2-4-6-9;1-8-11-7-10(12-8)9-5-3-2-4-6-9;1-8-7-11-10(12-8)9-5-3-2-4-6-9;1-6-4-2-3-5-7(6)8;2*1-4-2-5-3-6-4/h3-8H,1-2H3;2-7H,1H3,(H,11,12);3*2-7H,1H3;2-5H,1H3;2*2-3H,1H3. The molecule has 0 bridgehead atoms. The van der Waals surface area contributed by atoms with Gasteiger partial charge in [-0.1, -0.05) is 169 Å². The first kappa shape index (κ1) is 61.6. The Morgan fingerprint density at radius 3 is 1.44 bits per heavy atom. The smallest absolute Gasteiger partial charge is 0.226 e. The predicted molar refractivity (Wildman–Crippen MR) is 338 cm³/mol. The average Bonchev–Trinajstić information content (AvgIpc) is 4.40. The minimum atomic E-state index is 0.688. The quantitative estimate of drug-likeness (QED) is 0.179. The lowest BCUT2D eigenvalue weighted by Gasteiger charge is -2.02. The molecule has 11 nitrogen and oxygen atoms in total. The zero-order valence-electron chi connectivity index (χ0n) is 46.9. The van der Waals surface area contributed by atoms with E-state index in [0.717, 1.165) is 60.7 Å². The van der Waals surface area contributed by atoms with Gasteiger partial charge in [-0.25, -0.2) is 29.9 Å². The first-order valence-electron chi connectivity index (χ1n) is 25.8. The van der Waals surface area contributed by atoms with Crippen molar-refractivity contribution < 1.29 is 8.83 Å². The summed E-state index contributed by atoms with van der Waals surface area (Å²) >= 11 is 10.8. The van der Waals surface area contributed by atoms with Gasteiger partial charge in [-0.15, -0.1) is 34.0 Å². The van der Waals surface area contributed by atoms with Gasteiger partial charge in [0.15, 0.2) is 6.39 Å². The second-order valence-electron chi connectivity index (χ2n) is 17.7. The maximum atomic E-state index is 5.71. The van der Waals surface area contributed by atoms with E-state index in [1.807, 2.05) is 219 Å². The molecule has 13 rings (SSSR count). The third-order valence-electron chi connectivity index (χ3n) is 11.2. The van der Waals surface area contributed by atoms with Crippen LogP contribution in [0, 0.1) is 55.4 Å². The van der Waals surface area contributed by atoms with Gasteiger partial charge in [0.25, 0.3) is 0 Å². The number of oxazole rings is 2. The van der Waals surface area contributed by atoms with Crippen LogP contribution in [0.25, 0.3) is 55.0 Å². The van der Waals surface area contributed by atoms with Gasteiger partial charge < -0.3 is 18.4 Å². The van der Waals surface area contributed by atoms with Crippen LogP contribution in [0.4, 0.5) is 0 Å². The molecule has 0 saturated heterocycles. The van der Waals surface area contributed by atoms with Gasteiger partial charge in [-0.3, -0.25) is 4.98 Å². The van der Waals surface area contributed by atoms with Crippen LogP contribution in [0.5, 0.6) is 0 Å². The van der Waals surface area contributed by atoms with E-state index in [-0.39, 0.29) is 0 Å². The summed E-state index contributed by atoms with van der Waals surface area (Å²) in [6.07, 6.45) is 14.2. The van der Waals surface area contributed by atoms with Crippen LogP contribution in [0.15, 0.2) is 240 Å². The number of H-pyrrole nitrogens is 1. The lowest BCUT2D eigenvalue weighted by Crippen LogP contribution is -1.93. The third-order valence-corrected chi connectivity index (χ3v) is 14.3. The summed E-state index contributed by atoms with van der Waals surface area (Å²) in [7, 11) is 2.03. The molecule has 13 aromatic rings. The number of imidazole rings is 2. The van der Waals surface area contributed by atoms with E-state index >= 15 is 0 Å². The normalized spacial score (nSPS) is 9.85. The Labute approximate surface area is 492 Å². The molecule has 7 aromatic heterocycles. The average molecular weight is 1150 g/mol. The van der Waals surface area contributed by atoms with Crippen molar-refractivity contribution in [3.63, 3.8) is 0 Å². The number of aromatic nitrogens is 9. The highest BCUT2D eigenvalue weighted by Crippen LogP contribution is 2.26. The zero-order valence-corrected chi connectivity index (χ0v) is 50.1. The molecule has 0 saturated carbocycles. The van der Waals surface area contributed by atoms with E-state index in [0.29, 0.717) is 5.89 Å². The third kappa shape index (κ3) is 21.8. The zero-order chi connectivity index (χ0) is 57.6. The monoisotopic (exact) mass is 1150 g/mol. The molecule has 81 heavy (non-hydrogen) atoms. The molecule has 15 heteroatoms. The van der Waals surface area contributed by atoms with Gasteiger partial charge in [0, 0.05) is 51.5 Å². The molecule has 0 radical (unpaired) electrons. The minimum absolute atomic E-state index is 0.688. The Morgan fingerprint density at radius 1 is 0.469 bits per heavy atom. The number of hydrogen-bond acceptors (Lipinski definition) is 12. The Morgan fingerprint density at radius 2 is 1.05 bits per heavy atom. The number of thiazole rings is 3. The molecule has 1 N–H and O–H groups in total. The topological polar surface area (TPSA) is 137 Å². The van der Waals surface area contributed by atoms with E-state index in [4.69, 9.17) is 20.4 Å². The summed E-state index contributed by atoms with van der Waals surface area (Å²) in [6.45, 7) is 15.8. The summed E-state index contributed by atoms with van der Waals surface area (Å²) in [5.74, 6) is 4.38. The van der Waals surface area contributed by atoms with E-state index in [2.05, 4.69) is 99.9 Å². The molecule has 412 valence electrons. The second kappa shape index (κ2) is 33.7. The van der Waals surface area contributed by atoms with Crippen LogP contribution < -0.4 is 0 Å². The first-order valence-corrected chi connectivity index (χ1v) is 28.7. The summed E-state index contributed by atoms with van der Waals surface area (Å²) in [5.41, 5.74) is 11.1. The minimum Gasteiger partial charge on any atom is -0.449 e. The number of benzene rings is 6. The second-order valence-corrected chi connectivity index (χ2v) is 21.7. The fraction of sp³-hybridized carbons (Fsp3) is 0.136. The number of nitrogens with one attached hydrogen (secondary N) is 1. The van der Waals surface area contributed by atoms with Crippen LogP contribution >= 0.6 is 45.6 Å². The number of aryl methyl sites for hydroxylation is 8. The molecule has 6 aromatic carbocycles. The maximum absolute atomic E-state index is 5.71. The molecular formula is C66H66ClN9O2S3. The SMILES string of the molecule is Cc1ccccc1Cl.Cc1cnc(-c2ccccc2)o1.Cc1cnc(-c2ccccc2)s1.Cc1cnco1.Cc1cncs1.Cc1ncc(-c2ccccc2)[nH]1.Cc1ncc(-c2ccccc2)n1C.Cc1ncc(-c2ccccc2)s1. The summed E-state index contributed by atoms with van der Waals surface area (Å²) < 4.78 is 12.2. The summed E-state index contributed by atoms with van der Waals surface area (Å²) in [4.78, 5) is 35.5. The van der Waals surface area contributed by atoms with Gasteiger partial charge in [0.05, 0.1) is 51.6 Å². The van der Waals surface area contributed by atoms with E-state index in [1.54, 1.807) is 46.4 Å². The molecule has 0 aliphatic rings. The van der Waals surface area contributed by atoms with Crippen molar-refractivity contribution >= 4 is 45.6 Å². The molecule has 0 atom stereocenters. The molecule has 0 aliphatic heterocycles. The van der Waals surface area contributed by atoms with Crippen LogP contribution in [-0.2, 0) is 7.05 Å². The molecule has 0 unspecified atom stereocenters. The van der Waals surface area contributed by atoms with Crippen molar-refractivity contribution in [1.82, 2.24) is 44.4 Å². The lowest BCUT2D eigenvalue weighted by molar-refractivity contribution is 0.527. The number of rotatable bonds is 5. The molecule has 0 amide bonds. The number of nitrogens with zero attached hydrogens (tertiary/aromatic N) is 8. The summed E-state index contributed by atoms with van der Waals surface area (Å²) in [6, 6.07) is 58.7. The van der Waals surface area contributed by atoms with Gasteiger partial charge in [-0.2, -0.15) is 0 Å². The van der Waals surface area contributed by atoms with Gasteiger partial charge >= 0.3 is 0 Å². The Bertz CT molecular complexity index is 3360. The van der Waals surface area contributed by atoms with Crippen LogP contribution in [0.2, 0.25) is 5.02 Å². The van der Waals surface area contributed by atoms with Crippen molar-refractivity contribution in [2.24, 2.45) is 7.05 Å². The molecule has 7 heterocycles. The van der Waals surface area contributed by atoms with Gasteiger partial charge in [-0.05, 0) is 95.8 Å². The summed E-state index contributed by atoms with van der Waals surface area (Å²) in [5, 5.41) is 3.06. The van der Waals surface area contributed by atoms with Crippen molar-refractivity contribution in [3.05, 3.63) is 280 Å². The fourth-order valence-electron chi connectivity index (χ4n) is 6.91. The highest BCUT2D eigenvalue weighted by Gasteiger charge is 2.05. The van der Waals surface area contributed by atoms with Crippen molar-refractivity contribution in [2.45, 2.75) is 55.4 Å². The number of hydrogen-bond donors (Lipinski definition) is 1. The largest absolute Gasteiger partial charge is 0.449 e. The number of halogens is 1. The highest BCUT2D eigenvalue weighted by molar-refractivity contribution is 7.15. The molecule has 0 fully saturated rings. The first-order chi connectivity index (χ1) is 39.3. The van der Waals surface area contributed by atoms with Crippen molar-refractivity contribution in [3.8, 4) is 55.0 Å². The van der Waals surface area contributed by atoms with E-state index < -0.39 is 0 Å². The Balaban J connectivity index is 0.000000151. The maximum Gasteiger partial charge on any atom is 0.226 e. The molecule has 0 spiro atoms.